The van der Waals surface area contributed by atoms with E-state index in [1.807, 2.05) is 0 Å². The number of benzene rings is 2. The molecule has 2 heteroatoms. The Morgan fingerprint density at radius 1 is 1.10 bits per heavy atom. The van der Waals surface area contributed by atoms with Crippen LogP contribution in [0.2, 0.25) is 0 Å². The van der Waals surface area contributed by atoms with Crippen molar-refractivity contribution in [1.29, 1.82) is 0 Å². The molecular weight excluding hydrogens is 244 g/mol. The van der Waals surface area contributed by atoms with E-state index in [2.05, 4.69) is 54.7 Å². The minimum atomic E-state index is 0.677. The lowest BCUT2D eigenvalue weighted by Crippen LogP contribution is -2.00. The molecule has 0 radical (unpaired) electrons. The quantitative estimate of drug-likeness (QED) is 0.692. The van der Waals surface area contributed by atoms with E-state index in [1.165, 1.54) is 40.4 Å². The molecule has 1 heterocycles. The molecule has 0 aliphatic heterocycles. The Bertz CT molecular complexity index is 788. The summed E-state index contributed by atoms with van der Waals surface area (Å²) in [6.07, 6.45) is 2.57. The van der Waals surface area contributed by atoms with E-state index in [-0.39, 0.29) is 0 Å². The summed E-state index contributed by atoms with van der Waals surface area (Å²) in [5, 5.41) is 7.25. The molecule has 0 bridgehead atoms. The van der Waals surface area contributed by atoms with Gasteiger partial charge in [-0.15, -0.1) is 0 Å². The molecule has 0 amide bonds. The van der Waals surface area contributed by atoms with Crippen LogP contribution >= 0.6 is 0 Å². The molecule has 0 spiro atoms. The molecule has 2 aromatic carbocycles. The van der Waals surface area contributed by atoms with Crippen molar-refractivity contribution in [1.82, 2.24) is 4.98 Å². The molecule has 1 N–H and O–H groups in total. The Morgan fingerprint density at radius 2 is 1.95 bits per heavy atom. The molecule has 1 aliphatic rings. The maximum atomic E-state index is 4.97. The zero-order chi connectivity index (χ0) is 13.5. The first-order valence-electron chi connectivity index (χ1n) is 7.43. The van der Waals surface area contributed by atoms with E-state index >= 15 is 0 Å². The van der Waals surface area contributed by atoms with Gasteiger partial charge in [-0.05, 0) is 31.2 Å². The number of pyridine rings is 1. The number of aromatic nitrogens is 1. The van der Waals surface area contributed by atoms with Gasteiger partial charge in [-0.2, -0.15) is 0 Å². The lowest BCUT2D eigenvalue weighted by Gasteiger charge is -2.12. The van der Waals surface area contributed by atoms with Crippen molar-refractivity contribution in [3.8, 4) is 0 Å². The third-order valence-corrected chi connectivity index (χ3v) is 4.09. The van der Waals surface area contributed by atoms with Gasteiger partial charge < -0.3 is 5.32 Å². The van der Waals surface area contributed by atoms with Gasteiger partial charge in [-0.1, -0.05) is 36.4 Å². The standard InChI is InChI=1S/C18H18N2/c1-2-19-17-11-16(13-7-8-13)20-18-14-6-4-3-5-12(14)9-10-15(17)18/h3-6,9-11,13H,2,7-8H2,1H3,(H,19,20). The zero-order valence-electron chi connectivity index (χ0n) is 11.7. The Morgan fingerprint density at radius 3 is 2.75 bits per heavy atom. The van der Waals surface area contributed by atoms with Gasteiger partial charge in [0.05, 0.1) is 5.52 Å². The lowest BCUT2D eigenvalue weighted by atomic mass is 10.0. The molecular formula is C18H18N2. The van der Waals surface area contributed by atoms with Crippen molar-refractivity contribution in [2.75, 3.05) is 11.9 Å². The van der Waals surface area contributed by atoms with E-state index < -0.39 is 0 Å². The molecule has 20 heavy (non-hydrogen) atoms. The molecule has 4 rings (SSSR count). The second-order valence-corrected chi connectivity index (χ2v) is 5.58. The summed E-state index contributed by atoms with van der Waals surface area (Å²) in [6, 6.07) is 15.2. The van der Waals surface area contributed by atoms with E-state index in [1.54, 1.807) is 0 Å². The number of hydrogen-bond acceptors (Lipinski definition) is 2. The maximum Gasteiger partial charge on any atom is 0.0804 e. The number of anilines is 1. The van der Waals surface area contributed by atoms with Crippen LogP contribution in [0.5, 0.6) is 0 Å². The smallest absolute Gasteiger partial charge is 0.0804 e. The van der Waals surface area contributed by atoms with Gasteiger partial charge in [-0.25, -0.2) is 0 Å². The van der Waals surface area contributed by atoms with Crippen LogP contribution in [0.25, 0.3) is 21.7 Å². The summed E-state index contributed by atoms with van der Waals surface area (Å²) in [6.45, 7) is 3.08. The molecule has 100 valence electrons. The summed E-state index contributed by atoms with van der Waals surface area (Å²) < 4.78 is 0. The van der Waals surface area contributed by atoms with Gasteiger partial charge in [0.25, 0.3) is 0 Å². The molecule has 0 atom stereocenters. The fourth-order valence-electron chi connectivity index (χ4n) is 2.90. The van der Waals surface area contributed by atoms with Gasteiger partial charge in [0.1, 0.15) is 0 Å². The highest BCUT2D eigenvalue weighted by Crippen LogP contribution is 2.41. The van der Waals surface area contributed by atoms with E-state index in [0.29, 0.717) is 5.92 Å². The fourth-order valence-corrected chi connectivity index (χ4v) is 2.90. The highest BCUT2D eigenvalue weighted by Gasteiger charge is 2.26. The fraction of sp³-hybridized carbons (Fsp3) is 0.278. The topological polar surface area (TPSA) is 24.9 Å². The second kappa shape index (κ2) is 4.48. The average molecular weight is 262 g/mol. The summed E-state index contributed by atoms with van der Waals surface area (Å²) in [7, 11) is 0. The monoisotopic (exact) mass is 262 g/mol. The Labute approximate surface area is 118 Å². The first-order valence-corrected chi connectivity index (χ1v) is 7.43. The lowest BCUT2D eigenvalue weighted by molar-refractivity contribution is 1.04. The number of rotatable bonds is 3. The van der Waals surface area contributed by atoms with Crippen molar-refractivity contribution in [3.05, 3.63) is 48.2 Å². The second-order valence-electron chi connectivity index (χ2n) is 5.58. The van der Waals surface area contributed by atoms with Crippen LogP contribution in [0.15, 0.2) is 42.5 Å². The molecule has 1 aromatic heterocycles. The summed E-state index contributed by atoms with van der Waals surface area (Å²) >= 11 is 0. The Balaban J connectivity index is 2.07. The zero-order valence-corrected chi connectivity index (χ0v) is 11.7. The maximum absolute atomic E-state index is 4.97. The van der Waals surface area contributed by atoms with Crippen LogP contribution < -0.4 is 5.32 Å². The van der Waals surface area contributed by atoms with Gasteiger partial charge >= 0.3 is 0 Å². The van der Waals surface area contributed by atoms with E-state index in [0.717, 1.165) is 12.1 Å². The number of nitrogens with one attached hydrogen (secondary N) is 1. The molecule has 3 aromatic rings. The number of fused-ring (bicyclic) bond motifs is 3. The predicted octanol–water partition coefficient (Wildman–Crippen LogP) is 4.70. The molecule has 0 unspecified atom stereocenters. The highest BCUT2D eigenvalue weighted by atomic mass is 14.9. The SMILES string of the molecule is CCNc1cc(C2CC2)nc2c1ccc1ccccc12. The Hall–Kier alpha value is -2.09. The Kier molecular flexibility index (Phi) is 2.62. The van der Waals surface area contributed by atoms with Crippen LogP contribution in [0.3, 0.4) is 0 Å². The minimum Gasteiger partial charge on any atom is -0.385 e. The average Bonchev–Trinajstić information content (AvgIpc) is 3.32. The number of hydrogen-bond donors (Lipinski definition) is 1. The first kappa shape index (κ1) is 11.7. The predicted molar refractivity (Wildman–Crippen MR) is 85.4 cm³/mol. The van der Waals surface area contributed by atoms with Gasteiger partial charge in [0.15, 0.2) is 0 Å². The van der Waals surface area contributed by atoms with Crippen LogP contribution in [-0.2, 0) is 0 Å². The van der Waals surface area contributed by atoms with Crippen molar-refractivity contribution in [2.24, 2.45) is 0 Å². The molecule has 0 saturated heterocycles. The van der Waals surface area contributed by atoms with Crippen LogP contribution in [0.4, 0.5) is 5.69 Å². The third-order valence-electron chi connectivity index (χ3n) is 4.09. The first-order chi connectivity index (χ1) is 9.86. The van der Waals surface area contributed by atoms with Crippen LogP contribution in [0, 0.1) is 0 Å². The van der Waals surface area contributed by atoms with Gasteiger partial charge in [0.2, 0.25) is 0 Å². The van der Waals surface area contributed by atoms with Crippen molar-refractivity contribution < 1.29 is 0 Å². The minimum absolute atomic E-state index is 0.677. The highest BCUT2D eigenvalue weighted by molar-refractivity contribution is 6.09. The summed E-state index contributed by atoms with van der Waals surface area (Å²) in [4.78, 5) is 4.97. The van der Waals surface area contributed by atoms with E-state index in [9.17, 15) is 0 Å². The molecule has 1 aliphatic carbocycles. The van der Waals surface area contributed by atoms with E-state index in [4.69, 9.17) is 4.98 Å². The molecule has 2 nitrogen and oxygen atoms in total. The van der Waals surface area contributed by atoms with Crippen LogP contribution in [-0.4, -0.2) is 11.5 Å². The number of nitrogens with zero attached hydrogens (tertiary/aromatic N) is 1. The van der Waals surface area contributed by atoms with Crippen LogP contribution in [0.1, 0.15) is 31.4 Å². The third kappa shape index (κ3) is 1.83. The summed E-state index contributed by atoms with van der Waals surface area (Å²) in [5.74, 6) is 0.677. The van der Waals surface area contributed by atoms with Gasteiger partial charge in [0, 0.05) is 34.6 Å². The normalized spacial score (nSPS) is 14.8. The summed E-state index contributed by atoms with van der Waals surface area (Å²) in [5.41, 5.74) is 3.62. The van der Waals surface area contributed by atoms with Crippen molar-refractivity contribution >= 4 is 27.4 Å². The largest absolute Gasteiger partial charge is 0.385 e. The molecule has 1 fully saturated rings. The molecule has 1 saturated carbocycles. The van der Waals surface area contributed by atoms with Crippen molar-refractivity contribution in [3.63, 3.8) is 0 Å². The van der Waals surface area contributed by atoms with Gasteiger partial charge in [-0.3, -0.25) is 4.98 Å². The van der Waals surface area contributed by atoms with Crippen molar-refractivity contribution in [2.45, 2.75) is 25.7 Å².